The number of likely N-dealkylation sites (tertiary alicyclic amines) is 1. The van der Waals surface area contributed by atoms with Gasteiger partial charge in [0, 0.05) is 25.7 Å². The van der Waals surface area contributed by atoms with E-state index in [9.17, 15) is 4.55 Å². The van der Waals surface area contributed by atoms with E-state index in [0.29, 0.717) is 12.0 Å². The Labute approximate surface area is 117 Å². The second-order valence-corrected chi connectivity index (χ2v) is 8.08. The molecule has 1 saturated heterocycles. The Bertz CT molecular complexity index is 227. The van der Waals surface area contributed by atoms with Crippen LogP contribution in [0.5, 0.6) is 0 Å². The summed E-state index contributed by atoms with van der Waals surface area (Å²) in [5, 5.41) is 0. The van der Waals surface area contributed by atoms with E-state index in [4.69, 9.17) is 0 Å². The summed E-state index contributed by atoms with van der Waals surface area (Å²) in [4.78, 5) is 0. The zero-order valence-corrected chi connectivity index (χ0v) is 13.6. The van der Waals surface area contributed by atoms with Crippen molar-refractivity contribution >= 4 is 11.4 Å². The highest BCUT2D eigenvalue weighted by atomic mass is 32.2. The molecule has 0 amide bonds. The molecule has 0 aromatic carbocycles. The van der Waals surface area contributed by atoms with Crippen molar-refractivity contribution in [2.24, 2.45) is 5.92 Å². The number of quaternary nitrogens is 1. The molecular weight excluding hydrogens is 242 g/mol. The van der Waals surface area contributed by atoms with Gasteiger partial charge in [-0.05, 0) is 19.3 Å². The smallest absolute Gasteiger partial charge is 0.160 e. The number of rotatable bonds is 7. The third kappa shape index (κ3) is 4.14. The summed E-state index contributed by atoms with van der Waals surface area (Å²) in [7, 11) is 0. The number of piperidine rings is 1. The fourth-order valence-electron chi connectivity index (χ4n) is 3.06. The zero-order chi connectivity index (χ0) is 13.6. The second-order valence-electron chi connectivity index (χ2n) is 6.31. The number of hydrogen-bond donors (Lipinski definition) is 0. The van der Waals surface area contributed by atoms with Crippen molar-refractivity contribution in [3.8, 4) is 0 Å². The Morgan fingerprint density at radius 1 is 1.06 bits per heavy atom. The van der Waals surface area contributed by atoms with E-state index in [2.05, 4.69) is 27.7 Å². The van der Waals surface area contributed by atoms with Gasteiger partial charge in [-0.15, -0.1) is 3.89 Å². The van der Waals surface area contributed by atoms with Gasteiger partial charge in [0.25, 0.3) is 0 Å². The van der Waals surface area contributed by atoms with E-state index in [1.807, 2.05) is 0 Å². The Hall–Kier alpha value is 0.270. The predicted molar refractivity (Wildman–Crippen MR) is 80.7 cm³/mol. The van der Waals surface area contributed by atoms with Crippen LogP contribution in [0.4, 0.5) is 0 Å². The SMILES string of the molecule is CCCC(C)[N+]1([S+]([O-])CCC(C)C)CCCCC1. The van der Waals surface area contributed by atoms with Crippen LogP contribution >= 0.6 is 0 Å². The van der Waals surface area contributed by atoms with E-state index in [0.717, 1.165) is 29.2 Å². The van der Waals surface area contributed by atoms with Crippen molar-refractivity contribution in [1.29, 1.82) is 0 Å². The average Bonchev–Trinajstić information content (AvgIpc) is 2.37. The summed E-state index contributed by atoms with van der Waals surface area (Å²) in [5.74, 6) is 1.56. The van der Waals surface area contributed by atoms with Crippen LogP contribution in [-0.4, -0.2) is 33.3 Å². The van der Waals surface area contributed by atoms with Crippen LogP contribution in [0.15, 0.2) is 0 Å². The van der Waals surface area contributed by atoms with Crippen LogP contribution in [-0.2, 0) is 11.4 Å². The van der Waals surface area contributed by atoms with Gasteiger partial charge in [0.2, 0.25) is 0 Å². The molecule has 0 spiro atoms. The molecular formula is C15H32NOS+. The third-order valence-electron chi connectivity index (χ3n) is 4.36. The second kappa shape index (κ2) is 7.76. The Balaban J connectivity index is 2.69. The van der Waals surface area contributed by atoms with Gasteiger partial charge < -0.3 is 4.55 Å². The molecule has 2 atom stereocenters. The van der Waals surface area contributed by atoms with Crippen LogP contribution in [0.25, 0.3) is 0 Å². The van der Waals surface area contributed by atoms with Gasteiger partial charge in [0.1, 0.15) is 30.5 Å². The molecule has 0 N–H and O–H groups in total. The van der Waals surface area contributed by atoms with Crippen molar-refractivity contribution in [2.75, 3.05) is 18.8 Å². The zero-order valence-electron chi connectivity index (χ0n) is 12.8. The van der Waals surface area contributed by atoms with Crippen LogP contribution in [0, 0.1) is 5.92 Å². The normalized spacial score (nSPS) is 23.0. The molecule has 108 valence electrons. The molecule has 1 aliphatic rings. The lowest BCUT2D eigenvalue weighted by atomic mass is 10.1. The molecule has 3 heteroatoms. The van der Waals surface area contributed by atoms with Gasteiger partial charge in [-0.25, -0.2) is 0 Å². The minimum atomic E-state index is -0.680. The summed E-state index contributed by atoms with van der Waals surface area (Å²) in [5.41, 5.74) is 0. The van der Waals surface area contributed by atoms with Crippen LogP contribution in [0.1, 0.15) is 66.2 Å². The molecule has 18 heavy (non-hydrogen) atoms. The predicted octanol–water partition coefficient (Wildman–Crippen LogP) is 3.89. The molecule has 0 aliphatic carbocycles. The first-order valence-corrected chi connectivity index (χ1v) is 9.06. The minimum Gasteiger partial charge on any atom is -0.566 e. The lowest BCUT2D eigenvalue weighted by Crippen LogP contribution is -2.61. The largest absolute Gasteiger partial charge is 0.566 e. The molecule has 1 heterocycles. The van der Waals surface area contributed by atoms with Crippen molar-refractivity contribution < 1.29 is 8.44 Å². The van der Waals surface area contributed by atoms with Crippen molar-refractivity contribution in [1.82, 2.24) is 0 Å². The van der Waals surface area contributed by atoms with E-state index >= 15 is 0 Å². The summed E-state index contributed by atoms with van der Waals surface area (Å²) in [6.07, 6.45) is 7.39. The summed E-state index contributed by atoms with van der Waals surface area (Å²) >= 11 is -0.680. The fourth-order valence-corrected chi connectivity index (χ4v) is 5.27. The number of hydrogen-bond acceptors (Lipinski definition) is 1. The molecule has 0 saturated carbocycles. The topological polar surface area (TPSA) is 23.1 Å². The number of nitrogens with zero attached hydrogens (tertiary/aromatic N) is 1. The van der Waals surface area contributed by atoms with Crippen molar-refractivity contribution in [3.05, 3.63) is 0 Å². The molecule has 2 nitrogen and oxygen atoms in total. The van der Waals surface area contributed by atoms with Crippen molar-refractivity contribution in [2.45, 2.75) is 72.3 Å². The maximum absolute atomic E-state index is 12.8. The molecule has 0 aromatic heterocycles. The Morgan fingerprint density at radius 3 is 2.17 bits per heavy atom. The van der Waals surface area contributed by atoms with Gasteiger partial charge in [0.15, 0.2) is 5.75 Å². The van der Waals surface area contributed by atoms with Crippen LogP contribution in [0.2, 0.25) is 0 Å². The summed E-state index contributed by atoms with van der Waals surface area (Å²) in [6, 6.07) is 0.572. The third-order valence-corrected chi connectivity index (χ3v) is 6.48. The first-order chi connectivity index (χ1) is 8.53. The Morgan fingerprint density at radius 2 is 1.67 bits per heavy atom. The molecule has 0 radical (unpaired) electrons. The maximum Gasteiger partial charge on any atom is 0.160 e. The molecule has 0 bridgehead atoms. The highest BCUT2D eigenvalue weighted by Crippen LogP contribution is 2.31. The maximum atomic E-state index is 12.8. The van der Waals surface area contributed by atoms with E-state index in [1.54, 1.807) is 0 Å². The van der Waals surface area contributed by atoms with Gasteiger partial charge in [-0.2, -0.15) is 0 Å². The molecule has 1 fully saturated rings. The fraction of sp³-hybridized carbons (Fsp3) is 1.00. The van der Waals surface area contributed by atoms with E-state index < -0.39 is 11.4 Å². The molecule has 1 rings (SSSR count). The molecule has 1 aliphatic heterocycles. The van der Waals surface area contributed by atoms with Gasteiger partial charge in [0.05, 0.1) is 0 Å². The lowest BCUT2D eigenvalue weighted by Gasteiger charge is -2.43. The van der Waals surface area contributed by atoms with E-state index in [1.165, 1.54) is 32.1 Å². The van der Waals surface area contributed by atoms with Crippen LogP contribution < -0.4 is 0 Å². The van der Waals surface area contributed by atoms with Gasteiger partial charge in [-0.3, -0.25) is 0 Å². The molecule has 2 unspecified atom stereocenters. The summed E-state index contributed by atoms with van der Waals surface area (Å²) < 4.78 is 13.7. The van der Waals surface area contributed by atoms with Gasteiger partial charge in [-0.1, -0.05) is 27.2 Å². The van der Waals surface area contributed by atoms with Crippen LogP contribution in [0.3, 0.4) is 0 Å². The molecule has 0 aromatic rings. The van der Waals surface area contributed by atoms with Gasteiger partial charge >= 0.3 is 0 Å². The summed E-state index contributed by atoms with van der Waals surface area (Å²) in [6.45, 7) is 11.3. The first-order valence-electron chi connectivity index (χ1n) is 7.78. The minimum absolute atomic E-state index is 0.572. The quantitative estimate of drug-likeness (QED) is 0.510. The first kappa shape index (κ1) is 16.3. The monoisotopic (exact) mass is 274 g/mol. The standard InChI is InChI=1S/C15H32NOS/c1-5-9-15(4)16(11-7-6-8-12-16)18(17)13-10-14(2)3/h14-15H,5-13H2,1-4H3/q+1. The Kier molecular flexibility index (Phi) is 7.04. The highest BCUT2D eigenvalue weighted by molar-refractivity contribution is 7.85. The lowest BCUT2D eigenvalue weighted by molar-refractivity contribution is -0.837. The van der Waals surface area contributed by atoms with Crippen molar-refractivity contribution in [3.63, 3.8) is 0 Å². The highest BCUT2D eigenvalue weighted by Gasteiger charge is 2.46. The van der Waals surface area contributed by atoms with E-state index in [-0.39, 0.29) is 0 Å². The average molecular weight is 274 g/mol.